The van der Waals surface area contributed by atoms with Crippen molar-refractivity contribution in [3.05, 3.63) is 63.9 Å². The minimum Gasteiger partial charge on any atom is -0.381 e. The van der Waals surface area contributed by atoms with Crippen molar-refractivity contribution in [1.29, 1.82) is 0 Å². The molecule has 6 heteroatoms. The lowest BCUT2D eigenvalue weighted by Crippen LogP contribution is -2.25. The molecular weight excluding hydrogens is 303 g/mol. The summed E-state index contributed by atoms with van der Waals surface area (Å²) in [5.74, 6) is 0. The van der Waals surface area contributed by atoms with Crippen molar-refractivity contribution in [2.24, 2.45) is 0 Å². The van der Waals surface area contributed by atoms with Gasteiger partial charge in [0.1, 0.15) is 16.4 Å². The molecule has 1 aromatic carbocycles. The molecule has 0 bridgehead atoms. The van der Waals surface area contributed by atoms with Gasteiger partial charge in [-0.2, -0.15) is 13.2 Å². The highest BCUT2D eigenvalue weighted by molar-refractivity contribution is 6.30. The molecule has 0 aliphatic rings. The third-order valence-electron chi connectivity index (χ3n) is 3.33. The second kappa shape index (κ2) is 5.31. The molecule has 0 spiro atoms. The maximum Gasteiger partial charge on any atom is 0.433 e. The molecule has 0 aliphatic heterocycles. The van der Waals surface area contributed by atoms with Gasteiger partial charge in [0.15, 0.2) is 0 Å². The van der Waals surface area contributed by atoms with Crippen molar-refractivity contribution in [2.45, 2.75) is 25.6 Å². The fraction of sp³-hybridized carbons (Fsp3) is 0.267. The van der Waals surface area contributed by atoms with E-state index in [1.165, 1.54) is 6.92 Å². The van der Waals surface area contributed by atoms with Gasteiger partial charge >= 0.3 is 6.18 Å². The summed E-state index contributed by atoms with van der Waals surface area (Å²) >= 11 is 5.85. The molecule has 0 saturated heterocycles. The number of benzene rings is 1. The van der Waals surface area contributed by atoms with Gasteiger partial charge in [0.25, 0.3) is 0 Å². The molecule has 1 unspecified atom stereocenters. The van der Waals surface area contributed by atoms with Crippen LogP contribution in [0.3, 0.4) is 0 Å². The molecule has 2 nitrogen and oxygen atoms in total. The minimum absolute atomic E-state index is 0.131. The molecule has 0 fully saturated rings. The molecule has 21 heavy (non-hydrogen) atoms. The van der Waals surface area contributed by atoms with Crippen LogP contribution in [0.15, 0.2) is 36.4 Å². The second-order valence-corrected chi connectivity index (χ2v) is 5.28. The summed E-state index contributed by atoms with van der Waals surface area (Å²) in [6.07, 6.45) is -4.57. The summed E-state index contributed by atoms with van der Waals surface area (Å²) in [4.78, 5) is 3.35. The maximum absolute atomic E-state index is 12.6. The molecule has 0 amide bonds. The Hall–Kier alpha value is -1.59. The van der Waals surface area contributed by atoms with Crippen LogP contribution in [0.1, 0.15) is 29.3 Å². The Morgan fingerprint density at radius 3 is 2.19 bits per heavy atom. The molecule has 0 radical (unpaired) electrons. The largest absolute Gasteiger partial charge is 0.433 e. The molecule has 1 aromatic heterocycles. The zero-order valence-corrected chi connectivity index (χ0v) is 12.1. The molecule has 1 atom stereocenters. The maximum atomic E-state index is 12.6. The first-order valence-corrected chi connectivity index (χ1v) is 6.54. The molecule has 2 aromatic rings. The topological polar surface area (TPSA) is 33.1 Å². The number of halogens is 4. The van der Waals surface area contributed by atoms with Gasteiger partial charge in [-0.25, -0.2) is 4.98 Å². The standard InChI is InChI=1S/C15H13ClF3NO/c1-9-5-3-4-6-10(9)14(2,21)11-7-8-12(15(17,18)19)20-13(11)16/h3-8,21H,1-2H3. The first kappa shape index (κ1) is 15.8. The second-order valence-electron chi connectivity index (χ2n) is 4.92. The van der Waals surface area contributed by atoms with Gasteiger partial charge in [-0.05, 0) is 31.0 Å². The monoisotopic (exact) mass is 315 g/mol. The number of hydrogen-bond acceptors (Lipinski definition) is 2. The van der Waals surface area contributed by atoms with E-state index in [4.69, 9.17) is 11.6 Å². The lowest BCUT2D eigenvalue weighted by Gasteiger charge is -2.27. The zero-order chi connectivity index (χ0) is 15.8. The van der Waals surface area contributed by atoms with Gasteiger partial charge < -0.3 is 5.11 Å². The van der Waals surface area contributed by atoms with Crippen molar-refractivity contribution in [3.8, 4) is 0 Å². The van der Waals surface area contributed by atoms with Gasteiger partial charge in [-0.1, -0.05) is 41.9 Å². The summed E-state index contributed by atoms with van der Waals surface area (Å²) in [7, 11) is 0. The third kappa shape index (κ3) is 3.04. The van der Waals surface area contributed by atoms with Crippen LogP contribution < -0.4 is 0 Å². The first-order valence-electron chi connectivity index (χ1n) is 6.16. The lowest BCUT2D eigenvalue weighted by molar-refractivity contribution is -0.141. The van der Waals surface area contributed by atoms with Crippen molar-refractivity contribution in [2.75, 3.05) is 0 Å². The van der Waals surface area contributed by atoms with Crippen molar-refractivity contribution < 1.29 is 18.3 Å². The molecule has 2 rings (SSSR count). The van der Waals surface area contributed by atoms with Gasteiger partial charge in [-0.15, -0.1) is 0 Å². The van der Waals surface area contributed by atoms with E-state index < -0.39 is 17.5 Å². The van der Waals surface area contributed by atoms with E-state index in [1.54, 1.807) is 25.1 Å². The fourth-order valence-corrected chi connectivity index (χ4v) is 2.56. The minimum atomic E-state index is -4.57. The van der Waals surface area contributed by atoms with E-state index in [1.807, 2.05) is 6.07 Å². The van der Waals surface area contributed by atoms with Crippen molar-refractivity contribution in [3.63, 3.8) is 0 Å². The number of aryl methyl sites for hydroxylation is 1. The SMILES string of the molecule is Cc1ccccc1C(C)(O)c1ccc(C(F)(F)F)nc1Cl. The Kier molecular flexibility index (Phi) is 4.00. The van der Waals surface area contributed by atoms with E-state index >= 15 is 0 Å². The predicted octanol–water partition coefficient (Wildman–Crippen LogP) is 4.32. The molecular formula is C15H13ClF3NO. The number of hydrogen-bond donors (Lipinski definition) is 1. The van der Waals surface area contributed by atoms with Gasteiger partial charge in [0, 0.05) is 5.56 Å². The van der Waals surface area contributed by atoms with Crippen LogP contribution in [-0.2, 0) is 11.8 Å². The van der Waals surface area contributed by atoms with E-state index in [0.29, 0.717) is 5.56 Å². The van der Waals surface area contributed by atoms with Crippen LogP contribution >= 0.6 is 11.6 Å². The lowest BCUT2D eigenvalue weighted by atomic mass is 9.86. The zero-order valence-electron chi connectivity index (χ0n) is 11.4. The van der Waals surface area contributed by atoms with E-state index in [-0.39, 0.29) is 10.7 Å². The van der Waals surface area contributed by atoms with Gasteiger partial charge in [0.05, 0.1) is 0 Å². The Morgan fingerprint density at radius 1 is 1.05 bits per heavy atom. The Balaban J connectivity index is 2.54. The van der Waals surface area contributed by atoms with Crippen LogP contribution in [-0.4, -0.2) is 10.1 Å². The number of aromatic nitrogens is 1. The highest BCUT2D eigenvalue weighted by atomic mass is 35.5. The van der Waals surface area contributed by atoms with Crippen LogP contribution in [0.2, 0.25) is 5.15 Å². The number of nitrogens with zero attached hydrogens (tertiary/aromatic N) is 1. The highest BCUT2D eigenvalue weighted by Crippen LogP contribution is 2.37. The summed E-state index contributed by atoms with van der Waals surface area (Å²) < 4.78 is 37.8. The number of aliphatic hydroxyl groups is 1. The number of rotatable bonds is 2. The Labute approximate surface area is 125 Å². The van der Waals surface area contributed by atoms with Gasteiger partial charge in [-0.3, -0.25) is 0 Å². The third-order valence-corrected chi connectivity index (χ3v) is 3.62. The highest BCUT2D eigenvalue weighted by Gasteiger charge is 2.35. The number of pyridine rings is 1. The van der Waals surface area contributed by atoms with Gasteiger partial charge in [0.2, 0.25) is 0 Å². The average Bonchev–Trinajstić information content (AvgIpc) is 2.37. The quantitative estimate of drug-likeness (QED) is 0.837. The number of alkyl halides is 3. The molecule has 112 valence electrons. The normalized spacial score (nSPS) is 14.8. The Morgan fingerprint density at radius 2 is 1.67 bits per heavy atom. The Bertz CT molecular complexity index is 668. The van der Waals surface area contributed by atoms with E-state index in [0.717, 1.165) is 17.7 Å². The van der Waals surface area contributed by atoms with Crippen LogP contribution in [0.5, 0.6) is 0 Å². The average molecular weight is 316 g/mol. The van der Waals surface area contributed by atoms with E-state index in [2.05, 4.69) is 4.98 Å². The fourth-order valence-electron chi connectivity index (χ4n) is 2.22. The summed E-state index contributed by atoms with van der Waals surface area (Å²) in [6, 6.07) is 9.01. The summed E-state index contributed by atoms with van der Waals surface area (Å²) in [6.45, 7) is 3.28. The van der Waals surface area contributed by atoms with Crippen LogP contribution in [0.25, 0.3) is 0 Å². The first-order chi connectivity index (χ1) is 9.64. The summed E-state index contributed by atoms with van der Waals surface area (Å²) in [5, 5.41) is 10.3. The molecule has 0 saturated carbocycles. The van der Waals surface area contributed by atoms with Crippen molar-refractivity contribution in [1.82, 2.24) is 4.98 Å². The predicted molar refractivity (Wildman–Crippen MR) is 74.1 cm³/mol. The van der Waals surface area contributed by atoms with Crippen LogP contribution in [0, 0.1) is 6.92 Å². The molecule has 1 heterocycles. The van der Waals surface area contributed by atoms with Crippen LogP contribution in [0.4, 0.5) is 13.2 Å². The molecule has 1 N–H and O–H groups in total. The smallest absolute Gasteiger partial charge is 0.381 e. The van der Waals surface area contributed by atoms with E-state index in [9.17, 15) is 18.3 Å². The van der Waals surface area contributed by atoms with Crippen molar-refractivity contribution >= 4 is 11.6 Å². The summed E-state index contributed by atoms with van der Waals surface area (Å²) in [5.41, 5.74) is -1.12. The molecule has 0 aliphatic carbocycles.